The van der Waals surface area contributed by atoms with Crippen molar-refractivity contribution in [2.24, 2.45) is 0 Å². The van der Waals surface area contributed by atoms with Crippen molar-refractivity contribution in [1.29, 1.82) is 0 Å². The summed E-state index contributed by atoms with van der Waals surface area (Å²) in [5, 5.41) is 0. The average Bonchev–Trinajstić information content (AvgIpc) is 2.87. The molecule has 1 aromatic heterocycles. The second-order valence-corrected chi connectivity index (χ2v) is 5.30. The van der Waals surface area contributed by atoms with E-state index in [1.54, 1.807) is 0 Å². The molecule has 112 valence electrons. The molecule has 0 saturated heterocycles. The molecular weight excluding hydrogens is 385 g/mol. The van der Waals surface area contributed by atoms with Crippen LogP contribution in [0.5, 0.6) is 5.88 Å². The minimum absolute atomic E-state index is 0. The highest BCUT2D eigenvalue weighted by Crippen LogP contribution is 2.26. The molecule has 0 amide bonds. The van der Waals surface area contributed by atoms with E-state index in [2.05, 4.69) is 39.9 Å². The standard InChI is InChI=1S/C14H21N3OS.HI/c1-3-4-5-6-10-18-14-13(15-19-16-14)12-8-7-9-17(2)11-12;/h7-9H,3-6,10-11H2,1-2H3;1H. The van der Waals surface area contributed by atoms with Gasteiger partial charge in [-0.05, 0) is 18.7 Å². The monoisotopic (exact) mass is 407 g/mol. The van der Waals surface area contributed by atoms with Crippen LogP contribution in [-0.4, -0.2) is 33.8 Å². The fourth-order valence-corrected chi connectivity index (χ4v) is 2.53. The third-order valence-corrected chi connectivity index (χ3v) is 3.57. The maximum atomic E-state index is 5.77. The SMILES string of the molecule is CCCCCCOc1nsnc1C1=CC=CN(C)C1.I. The summed E-state index contributed by atoms with van der Waals surface area (Å²) in [5.74, 6) is 0.691. The number of rotatable bonds is 7. The molecule has 0 bridgehead atoms. The minimum Gasteiger partial charge on any atom is -0.475 e. The predicted octanol–water partition coefficient (Wildman–Crippen LogP) is 3.96. The van der Waals surface area contributed by atoms with Crippen molar-refractivity contribution in [3.8, 4) is 5.88 Å². The highest BCUT2D eigenvalue weighted by Gasteiger charge is 2.16. The van der Waals surface area contributed by atoms with Crippen molar-refractivity contribution in [2.75, 3.05) is 20.2 Å². The number of hydrogen-bond acceptors (Lipinski definition) is 5. The molecule has 1 aromatic rings. The number of hydrogen-bond donors (Lipinski definition) is 0. The molecule has 0 aromatic carbocycles. The zero-order valence-corrected chi connectivity index (χ0v) is 15.2. The van der Waals surface area contributed by atoms with E-state index in [9.17, 15) is 0 Å². The molecule has 2 heterocycles. The van der Waals surface area contributed by atoms with Crippen LogP contribution in [-0.2, 0) is 0 Å². The number of halogens is 1. The van der Waals surface area contributed by atoms with Gasteiger partial charge in [0.15, 0.2) is 0 Å². The number of likely N-dealkylation sites (N-methyl/N-ethyl adjacent to an activating group) is 1. The lowest BCUT2D eigenvalue weighted by atomic mass is 10.1. The van der Waals surface area contributed by atoms with Crippen molar-refractivity contribution >= 4 is 41.3 Å². The van der Waals surface area contributed by atoms with Crippen molar-refractivity contribution in [1.82, 2.24) is 13.6 Å². The molecule has 2 rings (SSSR count). The number of allylic oxidation sites excluding steroid dienone is 2. The van der Waals surface area contributed by atoms with Crippen molar-refractivity contribution in [3.63, 3.8) is 0 Å². The Morgan fingerprint density at radius 3 is 2.90 bits per heavy atom. The van der Waals surface area contributed by atoms with Crippen molar-refractivity contribution < 1.29 is 4.74 Å². The van der Waals surface area contributed by atoms with Crippen LogP contribution in [0.1, 0.15) is 38.3 Å². The number of aromatic nitrogens is 2. The highest BCUT2D eigenvalue weighted by atomic mass is 127. The number of unbranched alkanes of at least 4 members (excludes halogenated alkanes) is 3. The number of ether oxygens (including phenoxy) is 1. The van der Waals surface area contributed by atoms with Gasteiger partial charge >= 0.3 is 0 Å². The van der Waals surface area contributed by atoms with Crippen LogP contribution in [0, 0.1) is 0 Å². The molecule has 0 saturated carbocycles. The van der Waals surface area contributed by atoms with Gasteiger partial charge in [0, 0.05) is 19.2 Å². The van der Waals surface area contributed by atoms with Crippen LogP contribution in [0.25, 0.3) is 5.57 Å². The van der Waals surface area contributed by atoms with Crippen LogP contribution in [0.4, 0.5) is 0 Å². The van der Waals surface area contributed by atoms with Crippen LogP contribution >= 0.6 is 35.7 Å². The molecule has 1 aliphatic rings. The number of nitrogens with zero attached hydrogens (tertiary/aromatic N) is 3. The summed E-state index contributed by atoms with van der Waals surface area (Å²) in [5.41, 5.74) is 2.07. The summed E-state index contributed by atoms with van der Waals surface area (Å²) in [6.45, 7) is 3.80. The van der Waals surface area contributed by atoms with Gasteiger partial charge in [-0.1, -0.05) is 32.3 Å². The molecule has 0 spiro atoms. The molecule has 6 heteroatoms. The first-order chi connectivity index (χ1) is 9.31. The first-order valence-electron chi connectivity index (χ1n) is 6.84. The normalized spacial score (nSPS) is 13.9. The summed E-state index contributed by atoms with van der Waals surface area (Å²) >= 11 is 1.22. The Labute approximate surface area is 142 Å². The first-order valence-corrected chi connectivity index (χ1v) is 7.57. The first kappa shape index (κ1) is 17.4. The molecule has 0 N–H and O–H groups in total. The third-order valence-electron chi connectivity index (χ3n) is 3.06. The van der Waals surface area contributed by atoms with Gasteiger partial charge in [0.1, 0.15) is 5.69 Å². The Morgan fingerprint density at radius 2 is 2.15 bits per heavy atom. The second kappa shape index (κ2) is 9.33. The Bertz CT molecular complexity index is 459. The van der Waals surface area contributed by atoms with Gasteiger partial charge in [0.05, 0.1) is 18.3 Å². The predicted molar refractivity (Wildman–Crippen MR) is 94.7 cm³/mol. The topological polar surface area (TPSA) is 38.3 Å². The minimum atomic E-state index is 0. The average molecular weight is 407 g/mol. The lowest BCUT2D eigenvalue weighted by molar-refractivity contribution is 0.295. The van der Waals surface area contributed by atoms with E-state index in [0.29, 0.717) is 5.88 Å². The summed E-state index contributed by atoms with van der Waals surface area (Å²) < 4.78 is 14.4. The molecule has 0 fully saturated rings. The summed E-state index contributed by atoms with van der Waals surface area (Å²) in [4.78, 5) is 2.12. The van der Waals surface area contributed by atoms with Crippen LogP contribution in [0.2, 0.25) is 0 Å². The Kier molecular flexibility index (Phi) is 8.13. The van der Waals surface area contributed by atoms with Crippen molar-refractivity contribution in [2.45, 2.75) is 32.6 Å². The molecule has 0 atom stereocenters. The summed E-state index contributed by atoms with van der Waals surface area (Å²) in [7, 11) is 2.05. The van der Waals surface area contributed by atoms with E-state index >= 15 is 0 Å². The molecule has 20 heavy (non-hydrogen) atoms. The summed E-state index contributed by atoms with van der Waals surface area (Å²) in [6, 6.07) is 0. The molecule has 0 unspecified atom stereocenters. The Hall–Kier alpha value is -0.630. The molecule has 4 nitrogen and oxygen atoms in total. The third kappa shape index (κ3) is 5.05. The van der Waals surface area contributed by atoms with Gasteiger partial charge in [-0.2, -0.15) is 4.37 Å². The largest absolute Gasteiger partial charge is 0.475 e. The van der Waals surface area contributed by atoms with Crippen LogP contribution in [0.15, 0.2) is 18.4 Å². The van der Waals surface area contributed by atoms with Crippen molar-refractivity contribution in [3.05, 3.63) is 24.0 Å². The quantitative estimate of drug-likeness (QED) is 0.507. The smallest absolute Gasteiger partial charge is 0.253 e. The van der Waals surface area contributed by atoms with Crippen LogP contribution < -0.4 is 4.74 Å². The van der Waals surface area contributed by atoms with E-state index in [1.807, 2.05) is 6.08 Å². The maximum absolute atomic E-state index is 5.77. The Balaban J connectivity index is 0.00000200. The van der Waals surface area contributed by atoms with E-state index in [1.165, 1.54) is 36.6 Å². The van der Waals surface area contributed by atoms with Gasteiger partial charge in [-0.15, -0.1) is 28.4 Å². The lowest BCUT2D eigenvalue weighted by Crippen LogP contribution is -2.16. The fraction of sp³-hybridized carbons (Fsp3) is 0.571. The molecule has 0 aliphatic carbocycles. The van der Waals surface area contributed by atoms with Gasteiger partial charge < -0.3 is 9.64 Å². The van der Waals surface area contributed by atoms with E-state index in [-0.39, 0.29) is 24.0 Å². The highest BCUT2D eigenvalue weighted by molar-refractivity contribution is 14.0. The lowest BCUT2D eigenvalue weighted by Gasteiger charge is -2.18. The van der Waals surface area contributed by atoms with E-state index < -0.39 is 0 Å². The summed E-state index contributed by atoms with van der Waals surface area (Å²) in [6.07, 6.45) is 11.0. The van der Waals surface area contributed by atoms with Gasteiger partial charge in [-0.25, -0.2) is 0 Å². The second-order valence-electron chi connectivity index (χ2n) is 4.78. The fourth-order valence-electron chi connectivity index (χ4n) is 2.00. The Morgan fingerprint density at radius 1 is 1.30 bits per heavy atom. The van der Waals surface area contributed by atoms with Gasteiger partial charge in [0.25, 0.3) is 5.88 Å². The van der Waals surface area contributed by atoms with E-state index in [4.69, 9.17) is 4.74 Å². The van der Waals surface area contributed by atoms with Gasteiger partial charge in [0.2, 0.25) is 0 Å². The zero-order chi connectivity index (χ0) is 13.5. The molecular formula is C14H22IN3OS. The van der Waals surface area contributed by atoms with Crippen LogP contribution in [0.3, 0.4) is 0 Å². The maximum Gasteiger partial charge on any atom is 0.253 e. The molecule has 1 aliphatic heterocycles. The molecule has 0 radical (unpaired) electrons. The zero-order valence-electron chi connectivity index (χ0n) is 12.0. The van der Waals surface area contributed by atoms with E-state index in [0.717, 1.165) is 25.3 Å². The van der Waals surface area contributed by atoms with Gasteiger partial charge in [-0.3, -0.25) is 0 Å².